The molecule has 0 spiro atoms. The fraction of sp³-hybridized carbons (Fsp3) is 0.200. The summed E-state index contributed by atoms with van der Waals surface area (Å²) in [6.45, 7) is 1.19. The predicted molar refractivity (Wildman–Crippen MR) is 69.6 cm³/mol. The summed E-state index contributed by atoms with van der Waals surface area (Å²) in [5.41, 5.74) is 2.06. The van der Waals surface area contributed by atoms with E-state index in [-0.39, 0.29) is 17.6 Å². The van der Waals surface area contributed by atoms with Crippen LogP contribution in [0.1, 0.15) is 17.2 Å². The molecule has 0 aliphatic carbocycles. The first-order chi connectivity index (χ1) is 9.22. The molecule has 2 N–H and O–H groups in total. The average molecular weight is 259 g/mol. The molecule has 0 fully saturated rings. The van der Waals surface area contributed by atoms with Crippen LogP contribution in [0.2, 0.25) is 0 Å². The van der Waals surface area contributed by atoms with Crippen molar-refractivity contribution in [2.45, 2.75) is 12.6 Å². The van der Waals surface area contributed by atoms with Crippen molar-refractivity contribution in [2.24, 2.45) is 0 Å². The van der Waals surface area contributed by atoms with E-state index in [1.165, 1.54) is 12.1 Å². The van der Waals surface area contributed by atoms with E-state index in [2.05, 4.69) is 5.32 Å². The van der Waals surface area contributed by atoms with Gasteiger partial charge >= 0.3 is 0 Å². The Morgan fingerprint density at radius 1 is 1.21 bits per heavy atom. The maximum absolute atomic E-state index is 12.8. The molecule has 3 rings (SSSR count). The van der Waals surface area contributed by atoms with Crippen molar-refractivity contribution in [3.8, 4) is 11.5 Å². The smallest absolute Gasteiger partial charge is 0.127 e. The van der Waals surface area contributed by atoms with E-state index in [9.17, 15) is 9.50 Å². The lowest BCUT2D eigenvalue weighted by atomic mass is 10.1. The van der Waals surface area contributed by atoms with Crippen molar-refractivity contribution in [2.75, 3.05) is 6.61 Å². The molecule has 3 nitrogen and oxygen atoms in total. The molecular weight excluding hydrogens is 245 g/mol. The molecule has 0 saturated heterocycles. The number of halogens is 1. The molecular formula is C15H14FNO2. The van der Waals surface area contributed by atoms with Gasteiger partial charge in [0.25, 0.3) is 0 Å². The summed E-state index contributed by atoms with van der Waals surface area (Å²) >= 11 is 0. The highest BCUT2D eigenvalue weighted by molar-refractivity contribution is 5.44. The van der Waals surface area contributed by atoms with E-state index < -0.39 is 0 Å². The second kappa shape index (κ2) is 4.90. The van der Waals surface area contributed by atoms with Crippen LogP contribution in [-0.4, -0.2) is 11.7 Å². The lowest BCUT2D eigenvalue weighted by molar-refractivity contribution is 0.309. The molecule has 98 valence electrons. The Kier molecular flexibility index (Phi) is 3.09. The van der Waals surface area contributed by atoms with Gasteiger partial charge in [-0.15, -0.1) is 0 Å². The molecule has 1 aliphatic rings. The average Bonchev–Trinajstić information content (AvgIpc) is 2.80. The summed E-state index contributed by atoms with van der Waals surface area (Å²) in [7, 11) is 0. The number of phenolic OH excluding ortho intramolecular Hbond substituents is 1. The van der Waals surface area contributed by atoms with Crippen molar-refractivity contribution in [3.63, 3.8) is 0 Å². The molecule has 0 amide bonds. The van der Waals surface area contributed by atoms with Crippen molar-refractivity contribution >= 4 is 0 Å². The van der Waals surface area contributed by atoms with Gasteiger partial charge in [0.1, 0.15) is 23.9 Å². The van der Waals surface area contributed by atoms with Gasteiger partial charge in [-0.2, -0.15) is 0 Å². The van der Waals surface area contributed by atoms with Gasteiger partial charge in [0.05, 0.1) is 6.04 Å². The van der Waals surface area contributed by atoms with E-state index in [1.807, 2.05) is 6.07 Å². The Morgan fingerprint density at radius 2 is 2.00 bits per heavy atom. The second-order valence-electron chi connectivity index (χ2n) is 4.59. The maximum atomic E-state index is 12.8. The number of fused-ring (bicyclic) bond motifs is 1. The normalized spacial score (nSPS) is 17.0. The summed E-state index contributed by atoms with van der Waals surface area (Å²) < 4.78 is 18.3. The van der Waals surface area contributed by atoms with E-state index in [4.69, 9.17) is 4.74 Å². The van der Waals surface area contributed by atoms with Crippen molar-refractivity contribution in [3.05, 3.63) is 59.4 Å². The monoisotopic (exact) mass is 259 g/mol. The first-order valence-corrected chi connectivity index (χ1v) is 6.16. The number of hydrogen-bond acceptors (Lipinski definition) is 3. The number of nitrogens with one attached hydrogen (secondary N) is 1. The van der Waals surface area contributed by atoms with Gasteiger partial charge in [0, 0.05) is 18.2 Å². The van der Waals surface area contributed by atoms with E-state index in [0.717, 1.165) is 16.9 Å². The van der Waals surface area contributed by atoms with Crippen molar-refractivity contribution < 1.29 is 14.2 Å². The van der Waals surface area contributed by atoms with Gasteiger partial charge in [0.2, 0.25) is 0 Å². The van der Waals surface area contributed by atoms with Crippen LogP contribution in [0.25, 0.3) is 0 Å². The topological polar surface area (TPSA) is 41.5 Å². The molecule has 0 radical (unpaired) electrons. The lowest BCUT2D eigenvalue weighted by Crippen LogP contribution is -2.21. The zero-order valence-corrected chi connectivity index (χ0v) is 10.3. The largest absolute Gasteiger partial charge is 0.508 e. The molecule has 0 aromatic heterocycles. The molecule has 2 aromatic rings. The van der Waals surface area contributed by atoms with Crippen LogP contribution < -0.4 is 10.1 Å². The zero-order chi connectivity index (χ0) is 13.2. The van der Waals surface area contributed by atoms with E-state index in [0.29, 0.717) is 13.2 Å². The van der Waals surface area contributed by atoms with Gasteiger partial charge in [0.15, 0.2) is 0 Å². The van der Waals surface area contributed by atoms with Gasteiger partial charge in [-0.3, -0.25) is 0 Å². The predicted octanol–water partition coefficient (Wildman–Crippen LogP) is 2.75. The Hall–Kier alpha value is -2.07. The van der Waals surface area contributed by atoms with Crippen LogP contribution in [0, 0.1) is 5.82 Å². The van der Waals surface area contributed by atoms with Crippen LogP contribution in [-0.2, 0) is 6.54 Å². The van der Waals surface area contributed by atoms with Crippen molar-refractivity contribution in [1.82, 2.24) is 5.32 Å². The third-order valence-corrected chi connectivity index (χ3v) is 3.24. The second-order valence-corrected chi connectivity index (χ2v) is 4.59. The first kappa shape index (κ1) is 12.0. The minimum absolute atomic E-state index is 0.0978. The Bertz CT molecular complexity index is 583. The van der Waals surface area contributed by atoms with Gasteiger partial charge in [-0.25, -0.2) is 4.39 Å². The van der Waals surface area contributed by atoms with Crippen LogP contribution in [0.5, 0.6) is 11.5 Å². The summed E-state index contributed by atoms with van der Waals surface area (Å²) in [5, 5.41) is 12.7. The molecule has 1 atom stereocenters. The number of aromatic hydroxyl groups is 1. The molecule has 1 heterocycles. The quantitative estimate of drug-likeness (QED) is 0.890. The highest BCUT2D eigenvalue weighted by Crippen LogP contribution is 2.34. The maximum Gasteiger partial charge on any atom is 0.127 e. The minimum Gasteiger partial charge on any atom is -0.508 e. The van der Waals surface area contributed by atoms with Crippen LogP contribution in [0.4, 0.5) is 4.39 Å². The number of benzene rings is 2. The molecule has 0 bridgehead atoms. The highest BCUT2D eigenvalue weighted by Gasteiger charge is 2.23. The summed E-state index contributed by atoms with van der Waals surface area (Å²) in [6.07, 6.45) is 0. The number of ether oxygens (including phenoxy) is 1. The Labute approximate surface area is 110 Å². The highest BCUT2D eigenvalue weighted by atomic mass is 19.1. The molecule has 4 heteroatoms. The molecule has 1 aliphatic heterocycles. The summed E-state index contributed by atoms with van der Waals surface area (Å²) in [6, 6.07) is 11.7. The van der Waals surface area contributed by atoms with Gasteiger partial charge in [-0.05, 0) is 29.8 Å². The fourth-order valence-electron chi connectivity index (χ4n) is 2.21. The van der Waals surface area contributed by atoms with Gasteiger partial charge in [-0.1, -0.05) is 12.1 Å². The van der Waals surface area contributed by atoms with E-state index >= 15 is 0 Å². The standard InChI is InChI=1S/C15H14FNO2/c16-11-3-1-10(2-4-11)8-17-14-9-19-15-7-12(18)5-6-13(14)15/h1-7,14,17-18H,8-9H2. The molecule has 1 unspecified atom stereocenters. The molecule has 2 aromatic carbocycles. The number of rotatable bonds is 3. The molecule has 0 saturated carbocycles. The summed E-state index contributed by atoms with van der Waals surface area (Å²) in [4.78, 5) is 0. The number of hydrogen-bond donors (Lipinski definition) is 2. The zero-order valence-electron chi connectivity index (χ0n) is 10.3. The van der Waals surface area contributed by atoms with Crippen LogP contribution in [0.15, 0.2) is 42.5 Å². The van der Waals surface area contributed by atoms with Crippen LogP contribution >= 0.6 is 0 Å². The lowest BCUT2D eigenvalue weighted by Gasteiger charge is -2.11. The third kappa shape index (κ3) is 2.53. The van der Waals surface area contributed by atoms with Crippen LogP contribution in [0.3, 0.4) is 0 Å². The number of phenols is 1. The molecule has 19 heavy (non-hydrogen) atoms. The summed E-state index contributed by atoms with van der Waals surface area (Å²) in [5.74, 6) is 0.698. The third-order valence-electron chi connectivity index (χ3n) is 3.24. The Morgan fingerprint density at radius 3 is 2.79 bits per heavy atom. The SMILES string of the molecule is Oc1ccc2c(c1)OCC2NCc1ccc(F)cc1. The fourth-order valence-corrected chi connectivity index (χ4v) is 2.21. The van der Waals surface area contributed by atoms with E-state index in [1.54, 1.807) is 24.3 Å². The van der Waals surface area contributed by atoms with Crippen molar-refractivity contribution in [1.29, 1.82) is 0 Å². The minimum atomic E-state index is -0.228. The Balaban J connectivity index is 1.68. The van der Waals surface area contributed by atoms with Gasteiger partial charge < -0.3 is 15.2 Å². The first-order valence-electron chi connectivity index (χ1n) is 6.16.